The quantitative estimate of drug-likeness (QED) is 0.894. The van der Waals surface area contributed by atoms with Gasteiger partial charge in [0, 0.05) is 12.2 Å². The molecule has 4 nitrogen and oxygen atoms in total. The van der Waals surface area contributed by atoms with Gasteiger partial charge in [-0.2, -0.15) is 0 Å². The minimum absolute atomic E-state index is 0. The average Bonchev–Trinajstić information content (AvgIpc) is 2.43. The number of benzene rings is 1. The molecule has 1 heterocycles. The molecule has 1 unspecified atom stereocenters. The molecule has 3 N–H and O–H groups in total. The molecule has 0 bridgehead atoms. The molecule has 1 aliphatic rings. The first-order valence-corrected chi connectivity index (χ1v) is 7.79. The van der Waals surface area contributed by atoms with Crippen molar-refractivity contribution in [1.29, 1.82) is 0 Å². The number of piperidine rings is 1. The number of hydrogen-bond donors (Lipinski definition) is 2. The maximum atomic E-state index is 12.3. The average molecular weight is 326 g/mol. The number of aryl methyl sites for hydroxylation is 3. The Kier molecular flexibility index (Phi) is 7.33. The second kappa shape index (κ2) is 8.51. The van der Waals surface area contributed by atoms with E-state index in [0.717, 1.165) is 36.3 Å². The minimum atomic E-state index is 0. The fourth-order valence-electron chi connectivity index (χ4n) is 3.25. The standard InChI is InChI=1S/C17H27N3O.ClH/c1-12-7-13(2)17(14(3)8-12)19-16(21)11-20-6-4-5-15(9-18)10-20;/h7-8,15H,4-6,9-11,18H2,1-3H3,(H,19,21);1H. The number of amides is 1. The molecule has 1 amide bonds. The molecular formula is C17H28ClN3O. The van der Waals surface area contributed by atoms with E-state index in [4.69, 9.17) is 5.73 Å². The fourth-order valence-corrected chi connectivity index (χ4v) is 3.25. The summed E-state index contributed by atoms with van der Waals surface area (Å²) < 4.78 is 0. The summed E-state index contributed by atoms with van der Waals surface area (Å²) in [6, 6.07) is 4.21. The van der Waals surface area contributed by atoms with Gasteiger partial charge >= 0.3 is 0 Å². The summed E-state index contributed by atoms with van der Waals surface area (Å²) in [4.78, 5) is 14.5. The van der Waals surface area contributed by atoms with Crippen LogP contribution >= 0.6 is 12.4 Å². The molecule has 1 aliphatic heterocycles. The van der Waals surface area contributed by atoms with E-state index in [1.807, 2.05) is 13.8 Å². The van der Waals surface area contributed by atoms with Crippen molar-refractivity contribution < 1.29 is 4.79 Å². The van der Waals surface area contributed by atoms with Crippen molar-refractivity contribution in [2.24, 2.45) is 11.7 Å². The van der Waals surface area contributed by atoms with E-state index in [9.17, 15) is 4.79 Å². The van der Waals surface area contributed by atoms with Crippen LogP contribution in [-0.4, -0.2) is 37.0 Å². The molecule has 22 heavy (non-hydrogen) atoms. The molecule has 1 saturated heterocycles. The summed E-state index contributed by atoms with van der Waals surface area (Å²) in [7, 11) is 0. The first-order chi connectivity index (χ1) is 9.99. The maximum Gasteiger partial charge on any atom is 0.238 e. The van der Waals surface area contributed by atoms with E-state index in [1.165, 1.54) is 12.0 Å². The number of anilines is 1. The second-order valence-corrected chi connectivity index (χ2v) is 6.30. The second-order valence-electron chi connectivity index (χ2n) is 6.30. The van der Waals surface area contributed by atoms with Gasteiger partial charge in [-0.1, -0.05) is 17.7 Å². The highest BCUT2D eigenvalue weighted by molar-refractivity contribution is 5.93. The number of nitrogens with two attached hydrogens (primary N) is 1. The lowest BCUT2D eigenvalue weighted by Gasteiger charge is -2.31. The third-order valence-electron chi connectivity index (χ3n) is 4.25. The van der Waals surface area contributed by atoms with Crippen molar-refractivity contribution in [3.05, 3.63) is 28.8 Å². The van der Waals surface area contributed by atoms with Gasteiger partial charge in [0.1, 0.15) is 0 Å². The van der Waals surface area contributed by atoms with Crippen LogP contribution in [-0.2, 0) is 4.79 Å². The largest absolute Gasteiger partial charge is 0.330 e. The third kappa shape index (κ3) is 4.97. The van der Waals surface area contributed by atoms with Gasteiger partial charge in [0.2, 0.25) is 5.91 Å². The van der Waals surface area contributed by atoms with Gasteiger partial charge in [-0.15, -0.1) is 12.4 Å². The van der Waals surface area contributed by atoms with E-state index < -0.39 is 0 Å². The van der Waals surface area contributed by atoms with E-state index in [0.29, 0.717) is 19.0 Å². The van der Waals surface area contributed by atoms with Crippen LogP contribution in [0, 0.1) is 26.7 Å². The summed E-state index contributed by atoms with van der Waals surface area (Å²) in [5, 5.41) is 3.07. The lowest BCUT2D eigenvalue weighted by Crippen LogP contribution is -2.42. The van der Waals surface area contributed by atoms with Crippen LogP contribution in [0.5, 0.6) is 0 Å². The molecule has 1 aromatic carbocycles. The van der Waals surface area contributed by atoms with Gasteiger partial charge in [-0.05, 0) is 63.7 Å². The van der Waals surface area contributed by atoms with E-state index >= 15 is 0 Å². The molecular weight excluding hydrogens is 298 g/mol. The van der Waals surface area contributed by atoms with Gasteiger partial charge in [-0.3, -0.25) is 9.69 Å². The zero-order valence-electron chi connectivity index (χ0n) is 13.8. The molecule has 0 radical (unpaired) electrons. The van der Waals surface area contributed by atoms with Crippen molar-refractivity contribution in [3.8, 4) is 0 Å². The van der Waals surface area contributed by atoms with Gasteiger partial charge in [0.05, 0.1) is 6.54 Å². The first kappa shape index (κ1) is 18.9. The van der Waals surface area contributed by atoms with Gasteiger partial charge in [0.25, 0.3) is 0 Å². The lowest BCUT2D eigenvalue weighted by molar-refractivity contribution is -0.117. The van der Waals surface area contributed by atoms with Crippen molar-refractivity contribution in [1.82, 2.24) is 4.90 Å². The Morgan fingerprint density at radius 1 is 1.32 bits per heavy atom. The molecule has 124 valence electrons. The summed E-state index contributed by atoms with van der Waals surface area (Å²) in [6.07, 6.45) is 2.32. The molecule has 0 saturated carbocycles. The number of carbonyl (C=O) groups is 1. The van der Waals surface area contributed by atoms with Crippen molar-refractivity contribution in [2.45, 2.75) is 33.6 Å². The Morgan fingerprint density at radius 3 is 2.55 bits per heavy atom. The van der Waals surface area contributed by atoms with Crippen LogP contribution in [0.2, 0.25) is 0 Å². The highest BCUT2D eigenvalue weighted by Gasteiger charge is 2.20. The maximum absolute atomic E-state index is 12.3. The molecule has 1 aromatic rings. The van der Waals surface area contributed by atoms with Crippen LogP contribution in [0.25, 0.3) is 0 Å². The summed E-state index contributed by atoms with van der Waals surface area (Å²) in [5.74, 6) is 0.608. The number of rotatable bonds is 4. The summed E-state index contributed by atoms with van der Waals surface area (Å²) in [5.41, 5.74) is 10.2. The highest BCUT2D eigenvalue weighted by Crippen LogP contribution is 2.22. The number of hydrogen-bond acceptors (Lipinski definition) is 3. The Morgan fingerprint density at radius 2 is 1.95 bits per heavy atom. The van der Waals surface area contributed by atoms with Crippen LogP contribution in [0.1, 0.15) is 29.5 Å². The predicted octanol–water partition coefficient (Wildman–Crippen LogP) is 2.64. The van der Waals surface area contributed by atoms with E-state index in [-0.39, 0.29) is 18.3 Å². The molecule has 2 rings (SSSR count). The van der Waals surface area contributed by atoms with Crippen molar-refractivity contribution in [2.75, 3.05) is 31.5 Å². The van der Waals surface area contributed by atoms with Gasteiger partial charge < -0.3 is 11.1 Å². The zero-order valence-corrected chi connectivity index (χ0v) is 14.6. The van der Waals surface area contributed by atoms with Crippen LogP contribution in [0.15, 0.2) is 12.1 Å². The van der Waals surface area contributed by atoms with Crippen molar-refractivity contribution in [3.63, 3.8) is 0 Å². The number of likely N-dealkylation sites (tertiary alicyclic amines) is 1. The number of carbonyl (C=O) groups excluding carboxylic acids is 1. The Labute approximate surface area is 139 Å². The summed E-state index contributed by atoms with van der Waals surface area (Å²) in [6.45, 7) is 9.28. The Balaban J connectivity index is 0.00000242. The Hall–Kier alpha value is -1.10. The van der Waals surface area contributed by atoms with E-state index in [1.54, 1.807) is 0 Å². The van der Waals surface area contributed by atoms with Crippen LogP contribution in [0.4, 0.5) is 5.69 Å². The molecule has 0 aliphatic carbocycles. The topological polar surface area (TPSA) is 58.4 Å². The smallest absolute Gasteiger partial charge is 0.238 e. The Bertz CT molecular complexity index is 496. The number of halogens is 1. The fraction of sp³-hybridized carbons (Fsp3) is 0.588. The number of nitrogens with one attached hydrogen (secondary N) is 1. The molecule has 5 heteroatoms. The minimum Gasteiger partial charge on any atom is -0.330 e. The SMILES string of the molecule is Cc1cc(C)c(NC(=O)CN2CCCC(CN)C2)c(C)c1.Cl. The van der Waals surface area contributed by atoms with E-state index in [2.05, 4.69) is 29.3 Å². The molecule has 1 atom stereocenters. The highest BCUT2D eigenvalue weighted by atomic mass is 35.5. The normalized spacial score (nSPS) is 18.6. The molecule has 0 aromatic heterocycles. The predicted molar refractivity (Wildman–Crippen MR) is 94.7 cm³/mol. The van der Waals surface area contributed by atoms with Crippen LogP contribution in [0.3, 0.4) is 0 Å². The van der Waals surface area contributed by atoms with Gasteiger partial charge in [-0.25, -0.2) is 0 Å². The van der Waals surface area contributed by atoms with Crippen molar-refractivity contribution >= 4 is 24.0 Å². The van der Waals surface area contributed by atoms with Gasteiger partial charge in [0.15, 0.2) is 0 Å². The molecule has 1 fully saturated rings. The monoisotopic (exact) mass is 325 g/mol. The summed E-state index contributed by atoms with van der Waals surface area (Å²) >= 11 is 0. The molecule has 0 spiro atoms. The number of nitrogens with zero attached hydrogens (tertiary/aromatic N) is 1. The third-order valence-corrected chi connectivity index (χ3v) is 4.25. The zero-order chi connectivity index (χ0) is 15.4. The van der Waals surface area contributed by atoms with Crippen LogP contribution < -0.4 is 11.1 Å². The lowest BCUT2D eigenvalue weighted by atomic mass is 9.98. The first-order valence-electron chi connectivity index (χ1n) is 7.79.